The number of amides is 2. The van der Waals surface area contributed by atoms with Crippen LogP contribution in [-0.2, 0) is 9.59 Å². The van der Waals surface area contributed by atoms with Crippen molar-refractivity contribution in [3.05, 3.63) is 18.2 Å². The molecule has 0 radical (unpaired) electrons. The number of nitrogens with zero attached hydrogens (tertiary/aromatic N) is 1. The van der Waals surface area contributed by atoms with Gasteiger partial charge < -0.3 is 15.4 Å². The van der Waals surface area contributed by atoms with E-state index in [1.54, 1.807) is 0 Å². The second-order valence-electron chi connectivity index (χ2n) is 7.09. The number of benzene rings is 1. The van der Waals surface area contributed by atoms with E-state index in [4.69, 9.17) is 4.74 Å². The Balaban J connectivity index is 1.48. The van der Waals surface area contributed by atoms with Crippen LogP contribution in [0.3, 0.4) is 0 Å². The summed E-state index contributed by atoms with van der Waals surface area (Å²) in [5, 5.41) is 5.53. The van der Waals surface area contributed by atoms with Crippen molar-refractivity contribution < 1.29 is 27.5 Å². The molecular weight excluding hydrogens is 407 g/mol. The second-order valence-corrected chi connectivity index (χ2v) is 8.12. The first kappa shape index (κ1) is 21.4. The third-order valence-corrected chi connectivity index (χ3v) is 5.59. The third-order valence-electron chi connectivity index (χ3n) is 4.65. The Hall–Kier alpha value is -2.36. The van der Waals surface area contributed by atoms with Crippen molar-refractivity contribution in [1.82, 2.24) is 10.3 Å². The highest BCUT2D eigenvalue weighted by Gasteiger charge is 2.28. The molecule has 0 saturated heterocycles. The van der Waals surface area contributed by atoms with E-state index in [-0.39, 0.29) is 18.2 Å². The maximum absolute atomic E-state index is 12.3. The predicted molar refractivity (Wildman–Crippen MR) is 104 cm³/mol. The van der Waals surface area contributed by atoms with Crippen LogP contribution in [0, 0.1) is 5.92 Å². The minimum absolute atomic E-state index is 0.0753. The average molecular weight is 429 g/mol. The predicted octanol–water partition coefficient (Wildman–Crippen LogP) is 4.26. The Morgan fingerprint density at radius 2 is 1.93 bits per heavy atom. The number of ether oxygens (including phenoxy) is 1. The fourth-order valence-electron chi connectivity index (χ4n) is 3.28. The second kappa shape index (κ2) is 9.43. The normalized spacial score (nSPS) is 15.3. The van der Waals surface area contributed by atoms with Gasteiger partial charge in [-0.1, -0.05) is 30.6 Å². The number of rotatable bonds is 7. The van der Waals surface area contributed by atoms with Gasteiger partial charge >= 0.3 is 6.18 Å². The molecule has 3 rings (SSSR count). The first-order valence-electron chi connectivity index (χ1n) is 9.45. The van der Waals surface area contributed by atoms with Crippen LogP contribution in [0.25, 0.3) is 10.2 Å². The third kappa shape index (κ3) is 6.88. The molecule has 1 fully saturated rings. The molecule has 0 bridgehead atoms. The highest BCUT2D eigenvalue weighted by molar-refractivity contribution is 7.22. The number of hydrogen-bond donors (Lipinski definition) is 2. The number of aromatic nitrogens is 1. The number of halogens is 3. The Bertz CT molecular complexity index is 863. The number of thiazole rings is 1. The van der Waals surface area contributed by atoms with Gasteiger partial charge in [0.05, 0.1) is 16.8 Å². The Morgan fingerprint density at radius 3 is 2.66 bits per heavy atom. The first-order chi connectivity index (χ1) is 13.8. The van der Waals surface area contributed by atoms with E-state index in [2.05, 4.69) is 15.6 Å². The van der Waals surface area contributed by atoms with Crippen LogP contribution in [0.1, 0.15) is 38.5 Å². The summed E-state index contributed by atoms with van der Waals surface area (Å²) in [6.45, 7) is -1.52. The summed E-state index contributed by atoms with van der Waals surface area (Å²) >= 11 is 1.12. The number of carbonyl (C=O) groups is 2. The Morgan fingerprint density at radius 1 is 1.17 bits per heavy atom. The lowest BCUT2D eigenvalue weighted by Gasteiger charge is -2.20. The molecule has 1 aromatic carbocycles. The van der Waals surface area contributed by atoms with Crippen molar-refractivity contribution in [2.45, 2.75) is 44.7 Å². The zero-order chi connectivity index (χ0) is 20.9. The van der Waals surface area contributed by atoms with Crippen molar-refractivity contribution in [3.63, 3.8) is 0 Å². The van der Waals surface area contributed by atoms with Crippen LogP contribution in [0.15, 0.2) is 18.2 Å². The molecule has 1 saturated carbocycles. The van der Waals surface area contributed by atoms with Crippen LogP contribution in [0.2, 0.25) is 0 Å². The van der Waals surface area contributed by atoms with Gasteiger partial charge in [0.15, 0.2) is 11.7 Å². The minimum atomic E-state index is -4.41. The van der Waals surface area contributed by atoms with Gasteiger partial charge in [-0.25, -0.2) is 4.98 Å². The van der Waals surface area contributed by atoms with Crippen LogP contribution in [0.4, 0.5) is 18.3 Å². The molecule has 0 atom stereocenters. The first-order valence-corrected chi connectivity index (χ1v) is 10.3. The lowest BCUT2D eigenvalue weighted by atomic mass is 9.87. The fourth-order valence-corrected chi connectivity index (χ4v) is 4.19. The minimum Gasteiger partial charge on any atom is -0.484 e. The van der Waals surface area contributed by atoms with Crippen LogP contribution < -0.4 is 15.4 Å². The van der Waals surface area contributed by atoms with Gasteiger partial charge in [0.25, 0.3) is 0 Å². The van der Waals surface area contributed by atoms with Crippen LogP contribution in [-0.4, -0.2) is 36.1 Å². The van der Waals surface area contributed by atoms with Gasteiger partial charge in [-0.15, -0.1) is 0 Å². The van der Waals surface area contributed by atoms with Crippen LogP contribution in [0.5, 0.6) is 5.75 Å². The van der Waals surface area contributed by atoms with E-state index < -0.39 is 18.7 Å². The quantitative estimate of drug-likeness (QED) is 0.689. The smallest absolute Gasteiger partial charge is 0.422 e. The fraction of sp³-hybridized carbons (Fsp3) is 0.526. The van der Waals surface area contributed by atoms with Gasteiger partial charge in [-0.2, -0.15) is 13.2 Å². The van der Waals surface area contributed by atoms with Gasteiger partial charge in [-0.05, 0) is 37.0 Å². The molecule has 10 heteroatoms. The number of alkyl halides is 3. The molecule has 1 heterocycles. The van der Waals surface area contributed by atoms with Crippen molar-refractivity contribution in [2.75, 3.05) is 18.5 Å². The van der Waals surface area contributed by atoms with Crippen molar-refractivity contribution >= 4 is 38.5 Å². The number of fused-ring (bicyclic) bond motifs is 1. The number of anilines is 1. The number of hydrogen-bond acceptors (Lipinski definition) is 5. The molecule has 0 spiro atoms. The standard InChI is InChI=1S/C19H22F3N3O3S/c20-19(21,22)11-28-13-6-7-14-15(9-13)29-18(24-14)25-17(27)10-23-16(26)8-12-4-2-1-3-5-12/h6-7,9,12H,1-5,8,10-11H2,(H,23,26)(H,24,25,27). The average Bonchev–Trinajstić information content (AvgIpc) is 3.06. The lowest BCUT2D eigenvalue weighted by Crippen LogP contribution is -2.34. The SMILES string of the molecule is O=C(CC1CCCCC1)NCC(=O)Nc1nc2ccc(OCC(F)(F)F)cc2s1. The van der Waals surface area contributed by atoms with Crippen molar-refractivity contribution in [1.29, 1.82) is 0 Å². The molecule has 0 aliphatic heterocycles. The number of nitrogens with one attached hydrogen (secondary N) is 2. The monoisotopic (exact) mass is 429 g/mol. The summed E-state index contributed by atoms with van der Waals surface area (Å²) < 4.78 is 42.1. The molecule has 2 aromatic rings. The Labute approximate surface area is 169 Å². The van der Waals surface area contributed by atoms with E-state index in [0.717, 1.165) is 37.0 Å². The molecule has 1 aliphatic rings. The van der Waals surface area contributed by atoms with E-state index >= 15 is 0 Å². The molecule has 1 aromatic heterocycles. The molecule has 2 N–H and O–H groups in total. The molecule has 158 valence electrons. The highest BCUT2D eigenvalue weighted by atomic mass is 32.1. The summed E-state index contributed by atoms with van der Waals surface area (Å²) in [6, 6.07) is 4.37. The Kier molecular flexibility index (Phi) is 6.94. The van der Waals surface area contributed by atoms with Gasteiger partial charge in [0, 0.05) is 6.42 Å². The summed E-state index contributed by atoms with van der Waals surface area (Å²) in [5.41, 5.74) is 0.533. The summed E-state index contributed by atoms with van der Waals surface area (Å²) in [7, 11) is 0. The van der Waals surface area contributed by atoms with E-state index in [1.807, 2.05) is 0 Å². The zero-order valence-electron chi connectivity index (χ0n) is 15.7. The topological polar surface area (TPSA) is 80.3 Å². The maximum Gasteiger partial charge on any atom is 0.422 e. The van der Waals surface area contributed by atoms with E-state index in [0.29, 0.717) is 27.7 Å². The van der Waals surface area contributed by atoms with E-state index in [1.165, 1.54) is 24.6 Å². The maximum atomic E-state index is 12.3. The van der Waals surface area contributed by atoms with Gasteiger partial charge in [0.1, 0.15) is 5.75 Å². The lowest BCUT2D eigenvalue weighted by molar-refractivity contribution is -0.153. The summed E-state index contributed by atoms with van der Waals surface area (Å²) in [6.07, 6.45) is 1.66. The summed E-state index contributed by atoms with van der Waals surface area (Å²) in [5.74, 6) is -0.0754. The van der Waals surface area contributed by atoms with Gasteiger partial charge in [-0.3, -0.25) is 9.59 Å². The molecule has 0 unspecified atom stereocenters. The molecule has 6 nitrogen and oxygen atoms in total. The van der Waals surface area contributed by atoms with Gasteiger partial charge in [0.2, 0.25) is 11.8 Å². The number of carbonyl (C=O) groups excluding carboxylic acids is 2. The molecular formula is C19H22F3N3O3S. The molecule has 29 heavy (non-hydrogen) atoms. The largest absolute Gasteiger partial charge is 0.484 e. The van der Waals surface area contributed by atoms with Crippen LogP contribution >= 0.6 is 11.3 Å². The van der Waals surface area contributed by atoms with Crippen molar-refractivity contribution in [2.24, 2.45) is 5.92 Å². The summed E-state index contributed by atoms with van der Waals surface area (Å²) in [4.78, 5) is 28.3. The van der Waals surface area contributed by atoms with Crippen molar-refractivity contribution in [3.8, 4) is 5.75 Å². The highest BCUT2D eigenvalue weighted by Crippen LogP contribution is 2.30. The molecule has 1 aliphatic carbocycles. The molecule has 2 amide bonds. The zero-order valence-corrected chi connectivity index (χ0v) is 16.5. The van der Waals surface area contributed by atoms with E-state index in [9.17, 15) is 22.8 Å².